The Bertz CT molecular complexity index is 1110. The van der Waals surface area contributed by atoms with Crippen molar-refractivity contribution < 1.29 is 4.74 Å². The van der Waals surface area contributed by atoms with Gasteiger partial charge in [0.1, 0.15) is 17.8 Å². The lowest BCUT2D eigenvalue weighted by Gasteiger charge is -2.13. The van der Waals surface area contributed by atoms with E-state index in [1.807, 2.05) is 68.4 Å². The van der Waals surface area contributed by atoms with Gasteiger partial charge in [-0.2, -0.15) is 14.6 Å². The summed E-state index contributed by atoms with van der Waals surface area (Å²) in [5.74, 6) is 1.91. The van der Waals surface area contributed by atoms with Gasteiger partial charge < -0.3 is 9.72 Å². The maximum absolute atomic E-state index is 12.8. The smallest absolute Gasteiger partial charge is 0.279 e. The highest BCUT2D eigenvalue weighted by Gasteiger charge is 2.18. The molecule has 4 rings (SSSR count). The second kappa shape index (κ2) is 6.48. The van der Waals surface area contributed by atoms with E-state index in [0.29, 0.717) is 17.1 Å². The fraction of sp³-hybridized carbons (Fsp3) is 0.150. The number of fused-ring (bicyclic) bond motifs is 1. The van der Waals surface area contributed by atoms with Crippen molar-refractivity contribution >= 4 is 5.78 Å². The Balaban J connectivity index is 1.84. The summed E-state index contributed by atoms with van der Waals surface area (Å²) in [5.41, 5.74) is 2.12. The molecule has 6 heteroatoms. The Morgan fingerprint density at radius 2 is 1.81 bits per heavy atom. The third-order valence-corrected chi connectivity index (χ3v) is 4.16. The van der Waals surface area contributed by atoms with Gasteiger partial charge in [0, 0.05) is 11.1 Å². The minimum Gasteiger partial charge on any atom is -0.457 e. The summed E-state index contributed by atoms with van der Waals surface area (Å²) < 4.78 is 7.21. The zero-order valence-corrected chi connectivity index (χ0v) is 14.5. The normalized spacial score (nSPS) is 11.2. The molecular formula is C20H18N4O2. The van der Waals surface area contributed by atoms with Crippen molar-refractivity contribution in [3.8, 4) is 22.8 Å². The Morgan fingerprint density at radius 3 is 2.58 bits per heavy atom. The van der Waals surface area contributed by atoms with Crippen molar-refractivity contribution in [3.63, 3.8) is 0 Å². The highest BCUT2D eigenvalue weighted by atomic mass is 16.5. The minimum atomic E-state index is -0.157. The zero-order chi connectivity index (χ0) is 18.1. The number of para-hydroxylation sites is 1. The van der Waals surface area contributed by atoms with Crippen molar-refractivity contribution in [2.75, 3.05) is 0 Å². The number of rotatable bonds is 4. The monoisotopic (exact) mass is 346 g/mol. The molecule has 0 unspecified atom stereocenters. The third kappa shape index (κ3) is 2.86. The van der Waals surface area contributed by atoms with Crippen LogP contribution in [0.5, 0.6) is 11.5 Å². The molecule has 4 aromatic rings. The molecule has 0 aliphatic heterocycles. The van der Waals surface area contributed by atoms with Crippen LogP contribution in [-0.2, 0) is 0 Å². The van der Waals surface area contributed by atoms with E-state index in [1.165, 1.54) is 10.8 Å². The van der Waals surface area contributed by atoms with Crippen LogP contribution in [0.15, 0.2) is 65.7 Å². The minimum absolute atomic E-state index is 0.0287. The van der Waals surface area contributed by atoms with E-state index in [4.69, 9.17) is 4.74 Å². The van der Waals surface area contributed by atoms with Crippen LogP contribution in [0.1, 0.15) is 25.3 Å². The first-order valence-electron chi connectivity index (χ1n) is 8.43. The molecule has 2 aromatic carbocycles. The SMILES string of the molecule is CC(C)c1c(-c2cccc(Oc3ccccc3)c2)[nH]c2ncnn2c1=O. The Labute approximate surface area is 150 Å². The molecule has 0 bridgehead atoms. The second-order valence-corrected chi connectivity index (χ2v) is 6.31. The lowest BCUT2D eigenvalue weighted by molar-refractivity contribution is 0.483. The number of aromatic amines is 1. The molecular weight excluding hydrogens is 328 g/mol. The number of hydrogen-bond acceptors (Lipinski definition) is 4. The molecule has 0 aliphatic rings. The molecule has 0 fully saturated rings. The van der Waals surface area contributed by atoms with Crippen LogP contribution >= 0.6 is 0 Å². The van der Waals surface area contributed by atoms with Gasteiger partial charge in [-0.3, -0.25) is 4.79 Å². The van der Waals surface area contributed by atoms with E-state index < -0.39 is 0 Å². The van der Waals surface area contributed by atoms with E-state index in [0.717, 1.165) is 17.0 Å². The Morgan fingerprint density at radius 1 is 1.04 bits per heavy atom. The number of nitrogens with one attached hydrogen (secondary N) is 1. The Hall–Kier alpha value is -3.41. The van der Waals surface area contributed by atoms with Gasteiger partial charge in [-0.1, -0.05) is 44.2 Å². The molecule has 0 atom stereocenters. The van der Waals surface area contributed by atoms with E-state index >= 15 is 0 Å². The van der Waals surface area contributed by atoms with Gasteiger partial charge in [0.05, 0.1) is 5.69 Å². The molecule has 0 aliphatic carbocycles. The molecule has 130 valence electrons. The molecule has 6 nitrogen and oxygen atoms in total. The largest absolute Gasteiger partial charge is 0.457 e. The van der Waals surface area contributed by atoms with Gasteiger partial charge in [-0.15, -0.1) is 0 Å². The fourth-order valence-electron chi connectivity index (χ4n) is 2.98. The number of benzene rings is 2. The molecule has 0 saturated heterocycles. The van der Waals surface area contributed by atoms with E-state index in [1.54, 1.807) is 0 Å². The van der Waals surface area contributed by atoms with Crippen molar-refractivity contribution in [1.29, 1.82) is 0 Å². The van der Waals surface area contributed by atoms with Crippen molar-refractivity contribution in [2.24, 2.45) is 0 Å². The first-order chi connectivity index (χ1) is 12.6. The van der Waals surface area contributed by atoms with Crippen LogP contribution in [0, 0.1) is 0 Å². The van der Waals surface area contributed by atoms with Crippen molar-refractivity contribution in [1.82, 2.24) is 19.6 Å². The molecule has 1 N–H and O–H groups in total. The standard InChI is InChI=1S/C20H18N4O2/c1-13(2)17-18(23-20-21-12-22-24(20)19(17)25)14-7-6-10-16(11-14)26-15-8-4-3-5-9-15/h3-13H,1-2H3,(H,21,22,23). The lowest BCUT2D eigenvalue weighted by Crippen LogP contribution is -2.22. The van der Waals surface area contributed by atoms with E-state index in [2.05, 4.69) is 15.1 Å². The number of aromatic nitrogens is 4. The van der Waals surface area contributed by atoms with Gasteiger partial charge in [-0.25, -0.2) is 0 Å². The quantitative estimate of drug-likeness (QED) is 0.606. The first-order valence-corrected chi connectivity index (χ1v) is 8.43. The third-order valence-electron chi connectivity index (χ3n) is 4.16. The summed E-state index contributed by atoms with van der Waals surface area (Å²) >= 11 is 0. The van der Waals surface area contributed by atoms with Gasteiger partial charge >= 0.3 is 0 Å². The molecule has 0 spiro atoms. The predicted molar refractivity (Wildman–Crippen MR) is 99.6 cm³/mol. The van der Waals surface area contributed by atoms with Crippen LogP contribution in [-0.4, -0.2) is 19.6 Å². The topological polar surface area (TPSA) is 72.3 Å². The maximum Gasteiger partial charge on any atom is 0.279 e. The van der Waals surface area contributed by atoms with Crippen molar-refractivity contribution in [3.05, 3.63) is 76.8 Å². The van der Waals surface area contributed by atoms with Gasteiger partial charge in [0.2, 0.25) is 5.78 Å². The van der Waals surface area contributed by atoms with E-state index in [-0.39, 0.29) is 11.5 Å². The zero-order valence-electron chi connectivity index (χ0n) is 14.5. The first kappa shape index (κ1) is 16.1. The van der Waals surface area contributed by atoms with Crippen LogP contribution < -0.4 is 10.3 Å². The average Bonchev–Trinajstić information content (AvgIpc) is 3.11. The number of nitrogens with zero attached hydrogens (tertiary/aromatic N) is 3. The number of H-pyrrole nitrogens is 1. The molecule has 0 saturated carbocycles. The highest BCUT2D eigenvalue weighted by Crippen LogP contribution is 2.29. The summed E-state index contributed by atoms with van der Waals surface area (Å²) in [5, 5.41) is 4.01. The summed E-state index contributed by atoms with van der Waals surface area (Å²) in [7, 11) is 0. The summed E-state index contributed by atoms with van der Waals surface area (Å²) in [4.78, 5) is 20.2. The van der Waals surface area contributed by atoms with Crippen LogP contribution in [0.2, 0.25) is 0 Å². The van der Waals surface area contributed by atoms with E-state index in [9.17, 15) is 4.79 Å². The molecule has 0 radical (unpaired) electrons. The van der Waals surface area contributed by atoms with Gasteiger partial charge in [0.25, 0.3) is 5.56 Å². The van der Waals surface area contributed by atoms with Crippen LogP contribution in [0.25, 0.3) is 17.0 Å². The summed E-state index contributed by atoms with van der Waals surface area (Å²) in [6.45, 7) is 3.97. The molecule has 0 amide bonds. The second-order valence-electron chi connectivity index (χ2n) is 6.31. The molecule has 2 heterocycles. The van der Waals surface area contributed by atoms with Gasteiger partial charge in [0.15, 0.2) is 0 Å². The highest BCUT2D eigenvalue weighted by molar-refractivity contribution is 5.66. The lowest BCUT2D eigenvalue weighted by atomic mass is 9.98. The fourth-order valence-corrected chi connectivity index (χ4v) is 2.98. The maximum atomic E-state index is 12.8. The average molecular weight is 346 g/mol. The number of ether oxygens (including phenoxy) is 1. The van der Waals surface area contributed by atoms with Gasteiger partial charge in [-0.05, 0) is 30.2 Å². The van der Waals surface area contributed by atoms with Crippen LogP contribution in [0.3, 0.4) is 0 Å². The number of hydrogen-bond donors (Lipinski definition) is 1. The molecule has 2 aromatic heterocycles. The summed E-state index contributed by atoms with van der Waals surface area (Å²) in [6.07, 6.45) is 1.37. The molecule has 26 heavy (non-hydrogen) atoms. The van der Waals surface area contributed by atoms with Crippen LogP contribution in [0.4, 0.5) is 0 Å². The van der Waals surface area contributed by atoms with Crippen molar-refractivity contribution in [2.45, 2.75) is 19.8 Å². The summed E-state index contributed by atoms with van der Waals surface area (Å²) in [6, 6.07) is 17.2. The predicted octanol–water partition coefficient (Wildman–Crippen LogP) is 4.00. The Kier molecular flexibility index (Phi) is 4.01.